The first kappa shape index (κ1) is 34.9. The van der Waals surface area contributed by atoms with Gasteiger partial charge in [-0.25, -0.2) is 28.0 Å². The summed E-state index contributed by atoms with van der Waals surface area (Å²) in [6.45, 7) is 1.39. The van der Waals surface area contributed by atoms with Crippen molar-refractivity contribution in [3.05, 3.63) is 166 Å². The summed E-state index contributed by atoms with van der Waals surface area (Å²) in [6.07, 6.45) is 8.03. The number of H-pyrrole nitrogens is 1. The Balaban J connectivity index is 1.36. The maximum Gasteiger partial charge on any atom is 0.406 e. The number of hydrogen-bond donors (Lipinski definition) is 1. The van der Waals surface area contributed by atoms with Gasteiger partial charge in [0.2, 0.25) is 0 Å². The minimum absolute atomic E-state index is 0.167. The molecule has 3 atom stereocenters. The minimum Gasteiger partial charge on any atom is -0.497 e. The van der Waals surface area contributed by atoms with Crippen LogP contribution in [0.3, 0.4) is 0 Å². The van der Waals surface area contributed by atoms with Gasteiger partial charge >= 0.3 is 13.4 Å². The molecule has 14 nitrogen and oxygen atoms in total. The average Bonchev–Trinajstić information content (AvgIpc) is 3.99. The number of methoxy groups -OCH3 is 2. The lowest BCUT2D eigenvalue weighted by Gasteiger charge is -2.39. The van der Waals surface area contributed by atoms with Crippen LogP contribution < -0.4 is 20.7 Å². The number of hydrogen-bond acceptors (Lipinski definition) is 10. The Morgan fingerprint density at radius 3 is 1.92 bits per heavy atom. The molecule has 1 aliphatic rings. The fourth-order valence-corrected chi connectivity index (χ4v) is 8.11. The van der Waals surface area contributed by atoms with Crippen LogP contribution in [0.25, 0.3) is 0 Å². The van der Waals surface area contributed by atoms with Crippen LogP contribution in [-0.2, 0) is 24.2 Å². The zero-order valence-corrected chi connectivity index (χ0v) is 29.5. The first-order valence-electron chi connectivity index (χ1n) is 16.5. The Bertz CT molecular complexity index is 2170. The third-order valence-corrected chi connectivity index (χ3v) is 11.2. The maximum atomic E-state index is 14.6. The van der Waals surface area contributed by atoms with Gasteiger partial charge in [0.15, 0.2) is 0 Å². The number of nitrogens with zero attached hydrogens (tertiary/aromatic N) is 5. The van der Waals surface area contributed by atoms with Crippen LogP contribution in [0.1, 0.15) is 34.9 Å². The zero-order chi connectivity index (χ0) is 36.3. The van der Waals surface area contributed by atoms with Gasteiger partial charge in [-0.3, -0.25) is 18.9 Å². The van der Waals surface area contributed by atoms with E-state index in [1.165, 1.54) is 44.5 Å². The first-order valence-corrected chi connectivity index (χ1v) is 18.0. The van der Waals surface area contributed by atoms with Crippen LogP contribution in [0, 0.1) is 6.92 Å². The van der Waals surface area contributed by atoms with Crippen molar-refractivity contribution < 1.29 is 28.0 Å². The second-order valence-corrected chi connectivity index (χ2v) is 14.3. The van der Waals surface area contributed by atoms with Gasteiger partial charge in [0.25, 0.3) is 5.56 Å². The summed E-state index contributed by atoms with van der Waals surface area (Å²) in [6, 6.07) is 25.0. The molecular weight excluding hydrogens is 687 g/mol. The Morgan fingerprint density at radius 1 is 0.846 bits per heavy atom. The van der Waals surface area contributed by atoms with Gasteiger partial charge in [-0.15, -0.1) is 0 Å². The second kappa shape index (κ2) is 14.6. The van der Waals surface area contributed by atoms with Crippen molar-refractivity contribution in [1.29, 1.82) is 0 Å². The van der Waals surface area contributed by atoms with E-state index in [-0.39, 0.29) is 13.0 Å². The van der Waals surface area contributed by atoms with Gasteiger partial charge in [-0.1, -0.05) is 54.6 Å². The molecule has 7 rings (SSSR count). The maximum absolute atomic E-state index is 14.6. The molecule has 1 aliphatic heterocycles. The molecule has 0 bridgehead atoms. The van der Waals surface area contributed by atoms with Gasteiger partial charge in [-0.05, 0) is 47.9 Å². The summed E-state index contributed by atoms with van der Waals surface area (Å²) < 4.78 is 50.0. The van der Waals surface area contributed by atoms with Crippen molar-refractivity contribution in [2.45, 2.75) is 37.4 Å². The van der Waals surface area contributed by atoms with Crippen molar-refractivity contribution in [3.8, 4) is 11.5 Å². The Labute approximate surface area is 298 Å². The molecule has 1 N–H and O–H groups in total. The number of ether oxygens (including phenoxy) is 4. The van der Waals surface area contributed by atoms with Crippen LogP contribution in [0.5, 0.6) is 11.5 Å². The molecular formula is C37H37N6O8P. The molecule has 4 heterocycles. The third-order valence-electron chi connectivity index (χ3n) is 9.11. The highest BCUT2D eigenvalue weighted by atomic mass is 31.2. The van der Waals surface area contributed by atoms with E-state index < -0.39 is 43.0 Å². The summed E-state index contributed by atoms with van der Waals surface area (Å²) in [5.74, 6) is 1.33. The smallest absolute Gasteiger partial charge is 0.406 e. The lowest BCUT2D eigenvalue weighted by atomic mass is 9.79. The molecule has 3 aromatic heterocycles. The largest absolute Gasteiger partial charge is 0.497 e. The van der Waals surface area contributed by atoms with Gasteiger partial charge < -0.3 is 18.9 Å². The van der Waals surface area contributed by atoms with E-state index in [0.717, 1.165) is 16.7 Å². The molecule has 15 heteroatoms. The topological polar surface area (TPSA) is 154 Å². The highest BCUT2D eigenvalue weighted by Crippen LogP contribution is 2.51. The van der Waals surface area contributed by atoms with Gasteiger partial charge in [0.05, 0.1) is 26.9 Å². The van der Waals surface area contributed by atoms with E-state index in [4.69, 9.17) is 23.5 Å². The standard InChI is InChI=1S/C37H37N6O8P/c1-26-22-43(36(45)40-35(26)44)34-21-32(33(50-34)23-49-52(46,41-19-17-38-24-41)42-20-18-39-25-42)51-37(27-7-5-4-6-8-27,28-9-13-30(47-2)14-10-28)29-11-15-31(48-3)16-12-29/h4-20,22,24-25,32-34H,21,23H2,1-3H3,(H,40,44,45)/t32-,33+,34+/m0/s1. The fraction of sp³-hybridized carbons (Fsp3) is 0.243. The molecule has 3 aromatic carbocycles. The fourth-order valence-electron chi connectivity index (χ4n) is 6.43. The highest BCUT2D eigenvalue weighted by molar-refractivity contribution is 7.55. The van der Waals surface area contributed by atoms with Crippen molar-refractivity contribution in [1.82, 2.24) is 28.2 Å². The van der Waals surface area contributed by atoms with Gasteiger partial charge in [0.1, 0.15) is 42.1 Å². The Kier molecular flexibility index (Phi) is 9.80. The summed E-state index contributed by atoms with van der Waals surface area (Å²) in [4.78, 5) is 36.0. The molecule has 268 valence electrons. The Morgan fingerprint density at radius 2 is 1.40 bits per heavy atom. The molecule has 1 saturated heterocycles. The Hall–Kier alpha value is -5.53. The van der Waals surface area contributed by atoms with Crippen molar-refractivity contribution in [2.24, 2.45) is 0 Å². The predicted octanol–water partition coefficient (Wildman–Crippen LogP) is 5.14. The van der Waals surface area contributed by atoms with Crippen LogP contribution in [0.4, 0.5) is 0 Å². The summed E-state index contributed by atoms with van der Waals surface area (Å²) in [5, 5.41) is 0. The molecule has 0 amide bonds. The molecule has 1 fully saturated rings. The number of aryl methyl sites for hydroxylation is 1. The molecule has 6 aromatic rings. The van der Waals surface area contributed by atoms with Gasteiger partial charge in [-0.2, -0.15) is 0 Å². The number of aromatic nitrogens is 6. The first-order chi connectivity index (χ1) is 25.2. The van der Waals surface area contributed by atoms with Gasteiger partial charge in [0, 0.05) is 43.0 Å². The van der Waals surface area contributed by atoms with Crippen LogP contribution in [0.2, 0.25) is 0 Å². The molecule has 0 radical (unpaired) electrons. The lowest BCUT2D eigenvalue weighted by molar-refractivity contribution is -0.0966. The van der Waals surface area contributed by atoms with Crippen molar-refractivity contribution in [3.63, 3.8) is 0 Å². The van der Waals surface area contributed by atoms with Crippen molar-refractivity contribution in [2.75, 3.05) is 20.8 Å². The summed E-state index contributed by atoms with van der Waals surface area (Å²) in [7, 11) is -0.630. The van der Waals surface area contributed by atoms with Crippen LogP contribution >= 0.6 is 7.67 Å². The van der Waals surface area contributed by atoms with E-state index in [1.807, 2.05) is 78.9 Å². The molecule has 0 unspecified atom stereocenters. The normalized spacial score (nSPS) is 17.6. The highest BCUT2D eigenvalue weighted by Gasteiger charge is 2.47. The zero-order valence-electron chi connectivity index (χ0n) is 28.6. The average molecular weight is 725 g/mol. The summed E-state index contributed by atoms with van der Waals surface area (Å²) >= 11 is 0. The molecule has 52 heavy (non-hydrogen) atoms. The molecule has 0 saturated carbocycles. The minimum atomic E-state index is -3.84. The second-order valence-electron chi connectivity index (χ2n) is 12.2. The monoisotopic (exact) mass is 724 g/mol. The molecule has 0 spiro atoms. The molecule has 0 aliphatic carbocycles. The predicted molar refractivity (Wildman–Crippen MR) is 191 cm³/mol. The lowest BCUT2D eigenvalue weighted by Crippen LogP contribution is -2.41. The van der Waals surface area contributed by atoms with E-state index in [2.05, 4.69) is 15.0 Å². The number of benzene rings is 3. The number of imidazole rings is 2. The van der Waals surface area contributed by atoms with Crippen LogP contribution in [0.15, 0.2) is 132 Å². The number of rotatable bonds is 13. The quantitative estimate of drug-likeness (QED) is 0.125. The van der Waals surface area contributed by atoms with E-state index >= 15 is 0 Å². The van der Waals surface area contributed by atoms with E-state index in [0.29, 0.717) is 17.1 Å². The van der Waals surface area contributed by atoms with E-state index in [9.17, 15) is 14.2 Å². The van der Waals surface area contributed by atoms with Crippen molar-refractivity contribution >= 4 is 7.67 Å². The third kappa shape index (κ3) is 6.53. The SMILES string of the molecule is COc1ccc(C(O[C@H]2C[C@H](n3cc(C)c(=O)[nH]c3=O)O[C@@H]2COP(=O)(n2ccnc2)n2ccnc2)(c2ccccc2)c2ccc(OC)cc2)cc1. The number of aromatic amines is 1. The summed E-state index contributed by atoms with van der Waals surface area (Å²) in [5.41, 5.74) is 0.345. The number of nitrogens with one attached hydrogen (secondary N) is 1. The van der Waals surface area contributed by atoms with E-state index in [1.54, 1.807) is 33.5 Å². The van der Waals surface area contributed by atoms with Crippen LogP contribution in [-0.4, -0.2) is 61.2 Å².